The molecule has 0 bridgehead atoms. The summed E-state index contributed by atoms with van der Waals surface area (Å²) in [4.78, 5) is 42.3. The normalized spacial score (nSPS) is 11.8. The topological polar surface area (TPSA) is 157 Å². The summed E-state index contributed by atoms with van der Waals surface area (Å²) in [7, 11) is -4.37. The predicted octanol–water partition coefficient (Wildman–Crippen LogP) is 12.1. The average molecular weight is 1030 g/mol. The van der Waals surface area contributed by atoms with Crippen LogP contribution in [-0.2, 0) is 85.2 Å². The first-order valence-corrected chi connectivity index (χ1v) is 25.9. The van der Waals surface area contributed by atoms with Crippen molar-refractivity contribution in [1.29, 1.82) is 0 Å². The molecule has 382 valence electrons. The van der Waals surface area contributed by atoms with Gasteiger partial charge in [-0.15, -0.1) is 0 Å². The van der Waals surface area contributed by atoms with Gasteiger partial charge >= 0.3 is 19.9 Å². The maximum atomic E-state index is 14.6. The highest BCUT2D eigenvalue weighted by Crippen LogP contribution is 2.53. The van der Waals surface area contributed by atoms with Crippen molar-refractivity contribution >= 4 is 25.8 Å². The zero-order chi connectivity index (χ0) is 51.9. The Balaban J connectivity index is 1.06. The summed E-state index contributed by atoms with van der Waals surface area (Å²) in [5.74, 6) is -0.599. The van der Waals surface area contributed by atoms with Crippen LogP contribution in [0.4, 0.5) is 4.79 Å². The zero-order valence-corrected chi connectivity index (χ0v) is 42.0. The summed E-state index contributed by atoms with van der Waals surface area (Å²) in [5.41, 5.74) is 6.03. The first kappa shape index (κ1) is 52.8. The second-order valence-electron chi connectivity index (χ2n) is 17.4. The summed E-state index contributed by atoms with van der Waals surface area (Å²) >= 11 is 0. The van der Waals surface area contributed by atoms with Gasteiger partial charge in [-0.3, -0.25) is 13.8 Å². The number of hydrogen-bond donors (Lipinski definition) is 2. The molecule has 0 heterocycles. The van der Waals surface area contributed by atoms with E-state index in [9.17, 15) is 18.9 Å². The fourth-order valence-corrected chi connectivity index (χ4v) is 8.80. The Hall–Kier alpha value is -8.48. The van der Waals surface area contributed by atoms with Crippen molar-refractivity contribution < 1.29 is 51.5 Å². The van der Waals surface area contributed by atoms with Gasteiger partial charge in [0.25, 0.3) is 0 Å². The Morgan fingerprint density at radius 1 is 0.387 bits per heavy atom. The molecular weight excluding hydrogens is 968 g/mol. The van der Waals surface area contributed by atoms with E-state index < -0.39 is 37.9 Å². The van der Waals surface area contributed by atoms with Crippen molar-refractivity contribution in [2.45, 2.75) is 64.6 Å². The molecule has 0 aliphatic rings. The van der Waals surface area contributed by atoms with Gasteiger partial charge in [-0.05, 0) is 68.8 Å². The third kappa shape index (κ3) is 17.3. The van der Waals surface area contributed by atoms with Gasteiger partial charge in [0.15, 0.2) is 11.5 Å². The molecule has 13 nitrogen and oxygen atoms in total. The molecule has 8 rings (SSSR count). The SMILES string of the molecule is O=C(N[C@@H](Cc1ccc(OCc2ccccc2)cc1)C(=O)N[C@@H](Cc1ccc(OP(=O)(OCc2ccccc2)OCc2ccccc2)c(OCc2ccccc2)c1)C(=O)OCc1ccccc1)OCc1ccccc1. The molecule has 0 aliphatic heterocycles. The van der Waals surface area contributed by atoms with E-state index in [1.165, 1.54) is 0 Å². The number of phosphoric ester groups is 1. The molecule has 0 saturated carbocycles. The first-order chi connectivity index (χ1) is 36.7. The van der Waals surface area contributed by atoms with Crippen LogP contribution < -0.4 is 24.6 Å². The minimum absolute atomic E-state index is 0.0271. The number of hydrogen-bond acceptors (Lipinski definition) is 11. The lowest BCUT2D eigenvalue weighted by Crippen LogP contribution is -2.53. The van der Waals surface area contributed by atoms with Crippen molar-refractivity contribution in [2.24, 2.45) is 0 Å². The Bertz CT molecular complexity index is 3020. The van der Waals surface area contributed by atoms with E-state index in [1.54, 1.807) is 30.3 Å². The molecule has 0 aromatic heterocycles. The summed E-state index contributed by atoms with van der Waals surface area (Å²) < 4.78 is 56.5. The minimum Gasteiger partial charge on any atom is -0.489 e. The van der Waals surface area contributed by atoms with Crippen LogP contribution in [0.15, 0.2) is 224 Å². The minimum atomic E-state index is -4.37. The number of phosphoric acid groups is 1. The highest BCUT2D eigenvalue weighted by atomic mass is 31.2. The van der Waals surface area contributed by atoms with Gasteiger partial charge in [-0.1, -0.05) is 200 Å². The lowest BCUT2D eigenvalue weighted by Gasteiger charge is -2.24. The van der Waals surface area contributed by atoms with Crippen molar-refractivity contribution in [1.82, 2.24) is 10.6 Å². The van der Waals surface area contributed by atoms with Crippen LogP contribution in [0, 0.1) is 0 Å². The zero-order valence-electron chi connectivity index (χ0n) is 41.1. The number of amides is 2. The molecule has 8 aromatic rings. The van der Waals surface area contributed by atoms with Gasteiger partial charge in [-0.25, -0.2) is 14.2 Å². The van der Waals surface area contributed by atoms with E-state index in [4.69, 9.17) is 32.5 Å². The molecule has 8 aromatic carbocycles. The summed E-state index contributed by atoms with van der Waals surface area (Å²) in [6, 6.07) is 65.5. The number of ether oxygens (including phenoxy) is 4. The van der Waals surface area contributed by atoms with Gasteiger partial charge < -0.3 is 34.1 Å². The average Bonchev–Trinajstić information content (AvgIpc) is 3.46. The molecule has 0 spiro atoms. The molecule has 0 radical (unpaired) electrons. The molecule has 75 heavy (non-hydrogen) atoms. The van der Waals surface area contributed by atoms with E-state index in [2.05, 4.69) is 10.6 Å². The van der Waals surface area contributed by atoms with Gasteiger partial charge in [0.2, 0.25) is 5.91 Å². The number of rotatable bonds is 26. The number of carbonyl (C=O) groups is 3. The van der Waals surface area contributed by atoms with Crippen molar-refractivity contribution in [3.63, 3.8) is 0 Å². The Morgan fingerprint density at radius 2 is 0.800 bits per heavy atom. The van der Waals surface area contributed by atoms with E-state index in [-0.39, 0.29) is 57.4 Å². The van der Waals surface area contributed by atoms with Crippen LogP contribution in [0.1, 0.15) is 44.5 Å². The summed E-state index contributed by atoms with van der Waals surface area (Å²) in [5, 5.41) is 5.61. The first-order valence-electron chi connectivity index (χ1n) is 24.4. The lowest BCUT2D eigenvalue weighted by atomic mass is 10.0. The second-order valence-corrected chi connectivity index (χ2v) is 18.9. The van der Waals surface area contributed by atoms with Gasteiger partial charge in [0, 0.05) is 12.8 Å². The second kappa shape index (κ2) is 27.5. The molecular formula is C61H57N2O11P. The fourth-order valence-electron chi connectivity index (χ4n) is 7.61. The lowest BCUT2D eigenvalue weighted by molar-refractivity contribution is -0.149. The van der Waals surface area contributed by atoms with Crippen molar-refractivity contribution in [3.05, 3.63) is 269 Å². The Labute approximate surface area is 437 Å². The highest BCUT2D eigenvalue weighted by molar-refractivity contribution is 7.48. The standard InChI is InChI=1S/C61H57N2O11P/c64-59(55(63-61(66)71-43-50-25-13-4-14-26-50)37-46-31-34-54(35-32-46)68-40-47-19-7-1-8-20-47)62-56(60(65)70-42-49-23-11-3-12-24-49)38-53-33-36-57(58(39-53)69-41-48-21-9-2-10-22-48)74-75(67,72-44-51-27-15-5-16-28-51)73-45-52-29-17-6-18-30-52/h1-36,39,55-56H,37-38,40-45H2,(H,62,64)(H,63,66)/t55-,56-/m0/s1. The quantitative estimate of drug-likeness (QED) is 0.0393. The highest BCUT2D eigenvalue weighted by Gasteiger charge is 2.33. The number of carbonyl (C=O) groups excluding carboxylic acids is 3. The number of nitrogens with one attached hydrogen (secondary N) is 2. The molecule has 14 heteroatoms. The summed E-state index contributed by atoms with van der Waals surface area (Å²) in [6.45, 7) is 0.196. The van der Waals surface area contributed by atoms with E-state index >= 15 is 0 Å². The maximum Gasteiger partial charge on any atom is 0.530 e. The van der Waals surface area contributed by atoms with Crippen LogP contribution >= 0.6 is 7.82 Å². The fraction of sp³-hybridized carbons (Fsp3) is 0.164. The van der Waals surface area contributed by atoms with Crippen LogP contribution in [0.5, 0.6) is 17.2 Å². The summed E-state index contributed by atoms with van der Waals surface area (Å²) in [6.07, 6.45) is -0.912. The van der Waals surface area contributed by atoms with Gasteiger partial charge in [0.1, 0.15) is 44.3 Å². The maximum absolute atomic E-state index is 14.6. The van der Waals surface area contributed by atoms with Crippen molar-refractivity contribution in [2.75, 3.05) is 0 Å². The van der Waals surface area contributed by atoms with Gasteiger partial charge in [-0.2, -0.15) is 0 Å². The number of benzene rings is 8. The molecule has 0 fully saturated rings. The number of alkyl carbamates (subject to hydrolysis) is 1. The van der Waals surface area contributed by atoms with Crippen molar-refractivity contribution in [3.8, 4) is 17.2 Å². The third-order valence-electron chi connectivity index (χ3n) is 11.6. The Morgan fingerprint density at radius 3 is 1.29 bits per heavy atom. The van der Waals surface area contributed by atoms with Crippen LogP contribution in [0.3, 0.4) is 0 Å². The molecule has 2 amide bonds. The van der Waals surface area contributed by atoms with E-state index in [0.717, 1.165) is 33.4 Å². The van der Waals surface area contributed by atoms with Crippen LogP contribution in [0.2, 0.25) is 0 Å². The monoisotopic (exact) mass is 1020 g/mol. The number of esters is 1. The third-order valence-corrected chi connectivity index (χ3v) is 12.9. The molecule has 2 N–H and O–H groups in total. The smallest absolute Gasteiger partial charge is 0.489 e. The largest absolute Gasteiger partial charge is 0.530 e. The molecule has 0 aliphatic carbocycles. The van der Waals surface area contributed by atoms with Crippen LogP contribution in [0.25, 0.3) is 0 Å². The van der Waals surface area contributed by atoms with E-state index in [1.807, 2.05) is 194 Å². The Kier molecular flexibility index (Phi) is 19.4. The predicted molar refractivity (Wildman–Crippen MR) is 284 cm³/mol. The molecule has 0 saturated heterocycles. The van der Waals surface area contributed by atoms with Gasteiger partial charge in [0.05, 0.1) is 13.2 Å². The van der Waals surface area contributed by atoms with Crippen LogP contribution in [-0.4, -0.2) is 30.1 Å². The molecule has 0 unspecified atom stereocenters. The molecule has 2 atom stereocenters. The van der Waals surface area contributed by atoms with E-state index in [0.29, 0.717) is 23.5 Å².